The van der Waals surface area contributed by atoms with Crippen molar-refractivity contribution in [3.05, 3.63) is 29.1 Å². The minimum absolute atomic E-state index is 1.18. The molecule has 0 radical (unpaired) electrons. The van der Waals surface area contributed by atoms with Crippen LogP contribution in [0.2, 0.25) is 0 Å². The van der Waals surface area contributed by atoms with Crippen molar-refractivity contribution in [3.8, 4) is 0 Å². The van der Waals surface area contributed by atoms with Crippen molar-refractivity contribution in [3.63, 3.8) is 0 Å². The highest BCUT2D eigenvalue weighted by molar-refractivity contribution is 5.22. The zero-order valence-electron chi connectivity index (χ0n) is 22.4. The summed E-state index contributed by atoms with van der Waals surface area (Å²) in [6, 6.07) is 4.83. The third kappa shape index (κ3) is 16.7. The van der Waals surface area contributed by atoms with Crippen molar-refractivity contribution < 1.29 is 0 Å². The minimum Gasteiger partial charge on any atom is -0.258 e. The van der Waals surface area contributed by atoms with Crippen LogP contribution >= 0.6 is 0 Å². The summed E-state index contributed by atoms with van der Waals surface area (Å²) in [6.07, 6.45) is 31.4. The molecule has 0 fully saturated rings. The molecule has 32 heavy (non-hydrogen) atoms. The summed E-state index contributed by atoms with van der Waals surface area (Å²) < 4.78 is 0. The Balaban J connectivity index is 2.29. The van der Waals surface area contributed by atoms with E-state index in [0.717, 1.165) is 0 Å². The lowest BCUT2D eigenvalue weighted by Crippen LogP contribution is -2.00. The molecule has 0 aliphatic carbocycles. The average Bonchev–Trinajstić information content (AvgIpc) is 2.80. The predicted octanol–water partition coefficient (Wildman–Crippen LogP) is 10.6. The van der Waals surface area contributed by atoms with Crippen LogP contribution in [-0.2, 0) is 19.3 Å². The normalized spacial score (nSPS) is 11.3. The second-order valence-electron chi connectivity index (χ2n) is 10.2. The molecule has 0 spiro atoms. The Bertz CT molecular complexity index is 481. The molecule has 1 aromatic rings. The first-order chi connectivity index (χ1) is 15.8. The lowest BCUT2D eigenvalue weighted by Gasteiger charge is -2.10. The van der Waals surface area contributed by atoms with Gasteiger partial charge < -0.3 is 0 Å². The topological polar surface area (TPSA) is 12.9 Å². The van der Waals surface area contributed by atoms with Crippen LogP contribution < -0.4 is 0 Å². The van der Waals surface area contributed by atoms with Gasteiger partial charge in [0.15, 0.2) is 0 Å². The van der Waals surface area contributed by atoms with Crippen LogP contribution in [0.25, 0.3) is 0 Å². The number of rotatable bonds is 23. The number of pyridine rings is 1. The van der Waals surface area contributed by atoms with E-state index in [1.165, 1.54) is 159 Å². The molecule has 0 aromatic carbocycles. The van der Waals surface area contributed by atoms with E-state index >= 15 is 0 Å². The molecule has 0 atom stereocenters. The molecule has 0 unspecified atom stereocenters. The maximum atomic E-state index is 5.08. The smallest absolute Gasteiger partial charge is 0.0409 e. The van der Waals surface area contributed by atoms with Gasteiger partial charge in [0.2, 0.25) is 0 Å². The lowest BCUT2D eigenvalue weighted by atomic mass is 10.0. The molecule has 186 valence electrons. The van der Waals surface area contributed by atoms with E-state index in [9.17, 15) is 0 Å². The Kier molecular flexibility index (Phi) is 20.0. The molecule has 0 N–H and O–H groups in total. The van der Waals surface area contributed by atoms with Gasteiger partial charge in [-0.15, -0.1) is 0 Å². The Labute approximate surface area is 202 Å². The maximum Gasteiger partial charge on any atom is 0.0409 e. The van der Waals surface area contributed by atoms with Gasteiger partial charge in [0, 0.05) is 11.4 Å². The van der Waals surface area contributed by atoms with Gasteiger partial charge in [-0.05, 0) is 56.2 Å². The van der Waals surface area contributed by atoms with Crippen LogP contribution in [-0.4, -0.2) is 4.98 Å². The van der Waals surface area contributed by atoms with Crippen LogP contribution in [0.5, 0.6) is 0 Å². The van der Waals surface area contributed by atoms with Gasteiger partial charge in [-0.3, -0.25) is 4.98 Å². The van der Waals surface area contributed by atoms with Crippen molar-refractivity contribution in [2.75, 3.05) is 0 Å². The van der Waals surface area contributed by atoms with E-state index in [1.54, 1.807) is 5.56 Å². The fourth-order valence-electron chi connectivity index (χ4n) is 4.73. The Morgan fingerprint density at radius 1 is 0.406 bits per heavy atom. The number of hydrogen-bond acceptors (Lipinski definition) is 1. The highest BCUT2D eigenvalue weighted by Crippen LogP contribution is 2.17. The van der Waals surface area contributed by atoms with Crippen molar-refractivity contribution >= 4 is 0 Å². The summed E-state index contributed by atoms with van der Waals surface area (Å²) in [5, 5.41) is 0. The molecule has 0 saturated heterocycles. The summed E-state index contributed by atoms with van der Waals surface area (Å²) in [5.74, 6) is 0. The molecule has 1 heterocycles. The molecule has 0 aliphatic rings. The fraction of sp³-hybridized carbons (Fsp3) is 0.839. The highest BCUT2D eigenvalue weighted by atomic mass is 14.7. The molecule has 1 aromatic heterocycles. The van der Waals surface area contributed by atoms with E-state index in [1.807, 2.05) is 0 Å². The van der Waals surface area contributed by atoms with Crippen LogP contribution in [0.4, 0.5) is 0 Å². The van der Waals surface area contributed by atoms with Crippen molar-refractivity contribution in [1.29, 1.82) is 0 Å². The van der Waals surface area contributed by atoms with Gasteiger partial charge in [-0.1, -0.05) is 130 Å². The second kappa shape index (κ2) is 22.0. The molecule has 0 saturated carbocycles. The van der Waals surface area contributed by atoms with Crippen molar-refractivity contribution in [2.45, 2.75) is 168 Å². The number of hydrogen-bond donors (Lipinski definition) is 0. The zero-order chi connectivity index (χ0) is 23.1. The first-order valence-electron chi connectivity index (χ1n) is 14.8. The van der Waals surface area contributed by atoms with Gasteiger partial charge in [0.1, 0.15) is 0 Å². The molecule has 1 heteroatoms. The molecule has 0 aliphatic heterocycles. The third-order valence-corrected chi connectivity index (χ3v) is 6.88. The molecule has 1 nitrogen and oxygen atoms in total. The van der Waals surface area contributed by atoms with Gasteiger partial charge in [-0.2, -0.15) is 0 Å². The van der Waals surface area contributed by atoms with E-state index in [-0.39, 0.29) is 0 Å². The monoisotopic (exact) mass is 443 g/mol. The van der Waals surface area contributed by atoms with E-state index in [4.69, 9.17) is 4.98 Å². The first kappa shape index (κ1) is 29.2. The van der Waals surface area contributed by atoms with Crippen LogP contribution in [0.1, 0.15) is 166 Å². The standard InChI is InChI=1S/C31H57N/c1-4-7-10-12-14-16-18-20-22-25-30-27-29(24-9-6-3)28-31(32-30)26-23-21-19-17-15-13-11-8-5-2/h27-28H,4-26H2,1-3H3. The molecule has 0 bridgehead atoms. The highest BCUT2D eigenvalue weighted by Gasteiger charge is 2.04. The summed E-state index contributed by atoms with van der Waals surface area (Å²) >= 11 is 0. The number of nitrogens with zero attached hydrogens (tertiary/aromatic N) is 1. The second-order valence-corrected chi connectivity index (χ2v) is 10.2. The number of aryl methyl sites for hydroxylation is 3. The largest absolute Gasteiger partial charge is 0.258 e. The maximum absolute atomic E-state index is 5.08. The number of aromatic nitrogens is 1. The minimum atomic E-state index is 1.18. The van der Waals surface area contributed by atoms with E-state index < -0.39 is 0 Å². The Morgan fingerprint density at radius 3 is 1.12 bits per heavy atom. The van der Waals surface area contributed by atoms with E-state index in [2.05, 4.69) is 32.9 Å². The molecule has 0 amide bonds. The molecular formula is C31H57N. The van der Waals surface area contributed by atoms with Crippen LogP contribution in [0, 0.1) is 0 Å². The summed E-state index contributed by atoms with van der Waals surface area (Å²) in [6.45, 7) is 6.90. The van der Waals surface area contributed by atoms with Crippen molar-refractivity contribution in [1.82, 2.24) is 4.98 Å². The van der Waals surface area contributed by atoms with E-state index in [0.29, 0.717) is 0 Å². The lowest BCUT2D eigenvalue weighted by molar-refractivity contribution is 0.560. The average molecular weight is 444 g/mol. The SMILES string of the molecule is CCCCCCCCCCCc1cc(CCCC)cc(CCCCCCCCCCC)n1. The zero-order valence-corrected chi connectivity index (χ0v) is 22.4. The van der Waals surface area contributed by atoms with Crippen LogP contribution in [0.3, 0.4) is 0 Å². The Morgan fingerprint density at radius 2 is 0.750 bits per heavy atom. The van der Waals surface area contributed by atoms with Gasteiger partial charge >= 0.3 is 0 Å². The first-order valence-corrected chi connectivity index (χ1v) is 14.8. The van der Waals surface area contributed by atoms with Gasteiger partial charge in [0.25, 0.3) is 0 Å². The van der Waals surface area contributed by atoms with Gasteiger partial charge in [-0.25, -0.2) is 0 Å². The van der Waals surface area contributed by atoms with Crippen LogP contribution in [0.15, 0.2) is 12.1 Å². The number of unbranched alkanes of at least 4 members (excludes halogenated alkanes) is 17. The quantitative estimate of drug-likeness (QED) is 0.153. The fourth-order valence-corrected chi connectivity index (χ4v) is 4.73. The van der Waals surface area contributed by atoms with Crippen molar-refractivity contribution in [2.24, 2.45) is 0 Å². The molecule has 1 rings (SSSR count). The predicted molar refractivity (Wildman–Crippen MR) is 145 cm³/mol. The Hall–Kier alpha value is -0.850. The van der Waals surface area contributed by atoms with Gasteiger partial charge in [0.05, 0.1) is 0 Å². The summed E-state index contributed by atoms with van der Waals surface area (Å²) in [4.78, 5) is 5.08. The molecular weight excluding hydrogens is 386 g/mol. The third-order valence-electron chi connectivity index (χ3n) is 6.88. The summed E-state index contributed by atoms with van der Waals surface area (Å²) in [5.41, 5.74) is 4.28. The summed E-state index contributed by atoms with van der Waals surface area (Å²) in [7, 11) is 0.